The van der Waals surface area contributed by atoms with Crippen molar-refractivity contribution in [2.45, 2.75) is 19.2 Å². The summed E-state index contributed by atoms with van der Waals surface area (Å²) in [5.74, 6) is 0. The number of halogens is 3. The Morgan fingerprint density at radius 2 is 2.00 bits per heavy atom. The minimum Gasteiger partial charge on any atom is -0.379 e. The minimum atomic E-state index is -4.64. The van der Waals surface area contributed by atoms with Crippen LogP contribution in [0.5, 0.6) is 0 Å². The molecule has 1 aromatic carbocycles. The molecule has 0 saturated heterocycles. The fraction of sp³-hybridized carbons (Fsp3) is 0.273. The average molecular weight is 229 g/mol. The molecule has 0 amide bonds. The summed E-state index contributed by atoms with van der Waals surface area (Å²) in [6.45, 7) is 1.71. The molecule has 1 atom stereocenters. The van der Waals surface area contributed by atoms with Crippen LogP contribution in [0, 0.1) is 6.92 Å². The number of hydrogen-bond donors (Lipinski definition) is 2. The van der Waals surface area contributed by atoms with Gasteiger partial charge in [-0.05, 0) is 18.6 Å². The first-order valence-corrected chi connectivity index (χ1v) is 4.72. The van der Waals surface area contributed by atoms with Gasteiger partial charge in [-0.3, -0.25) is 0 Å². The minimum absolute atomic E-state index is 0.124. The van der Waals surface area contributed by atoms with Gasteiger partial charge in [-0.25, -0.2) is 0 Å². The van der Waals surface area contributed by atoms with E-state index in [4.69, 9.17) is 0 Å². The number of aromatic nitrogens is 1. The highest BCUT2D eigenvalue weighted by molar-refractivity contribution is 5.86. The van der Waals surface area contributed by atoms with Crippen molar-refractivity contribution in [3.8, 4) is 0 Å². The van der Waals surface area contributed by atoms with Gasteiger partial charge in [-0.15, -0.1) is 0 Å². The first-order valence-electron chi connectivity index (χ1n) is 4.72. The van der Waals surface area contributed by atoms with Gasteiger partial charge in [-0.1, -0.05) is 12.1 Å². The van der Waals surface area contributed by atoms with Crippen molar-refractivity contribution in [1.29, 1.82) is 0 Å². The quantitative estimate of drug-likeness (QED) is 0.774. The number of aryl methyl sites for hydroxylation is 1. The van der Waals surface area contributed by atoms with Gasteiger partial charge < -0.3 is 10.1 Å². The Hall–Kier alpha value is -1.49. The molecule has 16 heavy (non-hydrogen) atoms. The first-order chi connectivity index (χ1) is 7.41. The molecule has 0 unspecified atom stereocenters. The maximum Gasteiger partial charge on any atom is 0.418 e. The van der Waals surface area contributed by atoms with Gasteiger partial charge in [0.1, 0.15) is 0 Å². The van der Waals surface area contributed by atoms with Gasteiger partial charge in [0.15, 0.2) is 6.10 Å². The predicted molar refractivity (Wildman–Crippen MR) is 54.1 cm³/mol. The maximum atomic E-state index is 12.4. The molecule has 0 spiro atoms. The lowest BCUT2D eigenvalue weighted by Crippen LogP contribution is -2.19. The highest BCUT2D eigenvalue weighted by Crippen LogP contribution is 2.36. The van der Waals surface area contributed by atoms with Crippen LogP contribution in [0.25, 0.3) is 10.9 Å². The lowest BCUT2D eigenvalue weighted by atomic mass is 10.0. The van der Waals surface area contributed by atoms with Crippen LogP contribution in [-0.4, -0.2) is 16.3 Å². The average Bonchev–Trinajstić information content (AvgIpc) is 2.60. The first kappa shape index (κ1) is 11.0. The molecule has 86 valence electrons. The third-order valence-electron chi connectivity index (χ3n) is 2.55. The Morgan fingerprint density at radius 1 is 1.31 bits per heavy atom. The van der Waals surface area contributed by atoms with Crippen LogP contribution in [-0.2, 0) is 0 Å². The molecular weight excluding hydrogens is 219 g/mol. The number of aliphatic hydroxyl groups is 1. The van der Waals surface area contributed by atoms with E-state index in [1.54, 1.807) is 25.1 Å². The Kier molecular flexibility index (Phi) is 2.42. The molecule has 0 aliphatic rings. The number of alkyl halides is 3. The number of rotatable bonds is 1. The number of fused-ring (bicyclic) bond motifs is 1. The third-order valence-corrected chi connectivity index (χ3v) is 2.55. The zero-order valence-corrected chi connectivity index (χ0v) is 8.47. The molecular formula is C11H10F3NO. The molecule has 2 N–H and O–H groups in total. The van der Waals surface area contributed by atoms with Crippen molar-refractivity contribution < 1.29 is 18.3 Å². The Balaban J connectivity index is 2.62. The monoisotopic (exact) mass is 229 g/mol. The summed E-state index contributed by atoms with van der Waals surface area (Å²) in [6, 6.07) is 5.13. The largest absolute Gasteiger partial charge is 0.418 e. The number of aromatic amines is 1. The van der Waals surface area contributed by atoms with Gasteiger partial charge in [0.2, 0.25) is 0 Å². The molecule has 2 rings (SSSR count). The number of benzene rings is 1. The Morgan fingerprint density at radius 3 is 2.62 bits per heavy atom. The zero-order valence-electron chi connectivity index (χ0n) is 8.47. The number of aliphatic hydroxyl groups excluding tert-OH is 1. The summed E-state index contributed by atoms with van der Waals surface area (Å²) >= 11 is 0. The normalized spacial score (nSPS) is 14.3. The van der Waals surface area contributed by atoms with E-state index in [9.17, 15) is 18.3 Å². The van der Waals surface area contributed by atoms with E-state index in [0.29, 0.717) is 16.5 Å². The topological polar surface area (TPSA) is 36.0 Å². The fourth-order valence-corrected chi connectivity index (χ4v) is 1.79. The van der Waals surface area contributed by atoms with Gasteiger partial charge in [-0.2, -0.15) is 13.2 Å². The van der Waals surface area contributed by atoms with Crippen LogP contribution in [0.15, 0.2) is 24.4 Å². The molecule has 0 aliphatic carbocycles. The van der Waals surface area contributed by atoms with Crippen molar-refractivity contribution in [3.05, 3.63) is 35.5 Å². The fourth-order valence-electron chi connectivity index (χ4n) is 1.79. The lowest BCUT2D eigenvalue weighted by molar-refractivity contribution is -0.206. The standard InChI is InChI=1S/C11H10F3NO/c1-6-3-2-4-8-9(6)7(5-15-8)10(16)11(12,13)14/h2-5,10,15-16H,1H3/t10-/m0/s1. The molecule has 5 heteroatoms. The van der Waals surface area contributed by atoms with Crippen molar-refractivity contribution in [1.82, 2.24) is 4.98 Å². The van der Waals surface area contributed by atoms with E-state index < -0.39 is 12.3 Å². The highest BCUT2D eigenvalue weighted by Gasteiger charge is 2.40. The summed E-state index contributed by atoms with van der Waals surface area (Å²) in [4.78, 5) is 2.72. The number of hydrogen-bond acceptors (Lipinski definition) is 1. The number of nitrogens with one attached hydrogen (secondary N) is 1. The molecule has 0 fully saturated rings. The molecule has 0 saturated carbocycles. The maximum absolute atomic E-state index is 12.4. The van der Waals surface area contributed by atoms with E-state index in [-0.39, 0.29) is 5.56 Å². The van der Waals surface area contributed by atoms with E-state index in [2.05, 4.69) is 4.98 Å². The number of H-pyrrole nitrogens is 1. The second-order valence-corrected chi connectivity index (χ2v) is 3.69. The highest BCUT2D eigenvalue weighted by atomic mass is 19.4. The van der Waals surface area contributed by atoms with E-state index in [0.717, 1.165) is 0 Å². The summed E-state index contributed by atoms with van der Waals surface area (Å²) in [7, 11) is 0. The van der Waals surface area contributed by atoms with Crippen molar-refractivity contribution >= 4 is 10.9 Å². The molecule has 1 aromatic heterocycles. The van der Waals surface area contributed by atoms with Crippen molar-refractivity contribution in [2.24, 2.45) is 0 Å². The third kappa shape index (κ3) is 1.67. The molecule has 0 radical (unpaired) electrons. The van der Waals surface area contributed by atoms with E-state index in [1.807, 2.05) is 0 Å². The van der Waals surface area contributed by atoms with Gasteiger partial charge in [0, 0.05) is 22.7 Å². The van der Waals surface area contributed by atoms with Crippen molar-refractivity contribution in [3.63, 3.8) is 0 Å². The zero-order chi connectivity index (χ0) is 11.9. The molecule has 1 heterocycles. The van der Waals surface area contributed by atoms with Crippen LogP contribution in [0.4, 0.5) is 13.2 Å². The summed E-state index contributed by atoms with van der Waals surface area (Å²) in [6.07, 6.45) is -5.88. The van der Waals surface area contributed by atoms with E-state index in [1.165, 1.54) is 6.20 Å². The van der Waals surface area contributed by atoms with Gasteiger partial charge >= 0.3 is 6.18 Å². The molecule has 0 aliphatic heterocycles. The van der Waals surface area contributed by atoms with Crippen LogP contribution in [0.1, 0.15) is 17.2 Å². The molecule has 2 nitrogen and oxygen atoms in total. The molecule has 0 bridgehead atoms. The lowest BCUT2D eigenvalue weighted by Gasteiger charge is -2.14. The van der Waals surface area contributed by atoms with Crippen LogP contribution in [0.2, 0.25) is 0 Å². The summed E-state index contributed by atoms with van der Waals surface area (Å²) in [5.41, 5.74) is 1.18. The Bertz CT molecular complexity index is 515. The van der Waals surface area contributed by atoms with Gasteiger partial charge in [0.05, 0.1) is 0 Å². The Labute approximate surface area is 89.7 Å². The summed E-state index contributed by atoms with van der Waals surface area (Å²) < 4.78 is 37.2. The van der Waals surface area contributed by atoms with E-state index >= 15 is 0 Å². The summed E-state index contributed by atoms with van der Waals surface area (Å²) in [5, 5.41) is 9.66. The second kappa shape index (κ2) is 3.52. The van der Waals surface area contributed by atoms with Crippen molar-refractivity contribution in [2.75, 3.05) is 0 Å². The second-order valence-electron chi connectivity index (χ2n) is 3.69. The molecule has 2 aromatic rings. The smallest absolute Gasteiger partial charge is 0.379 e. The van der Waals surface area contributed by atoms with Gasteiger partial charge in [0.25, 0.3) is 0 Å². The predicted octanol–water partition coefficient (Wildman–Crippen LogP) is 3.07. The van der Waals surface area contributed by atoms with Crippen LogP contribution in [0.3, 0.4) is 0 Å². The van der Waals surface area contributed by atoms with Crippen LogP contribution < -0.4 is 0 Å². The SMILES string of the molecule is Cc1cccc2[nH]cc([C@H](O)C(F)(F)F)c12. The van der Waals surface area contributed by atoms with Crippen LogP contribution >= 0.6 is 0 Å².